The number of hydrogen-bond donors (Lipinski definition) is 2. The van der Waals surface area contributed by atoms with Gasteiger partial charge in [-0.25, -0.2) is 9.18 Å². The van der Waals surface area contributed by atoms with Crippen LogP contribution in [0.5, 0.6) is 0 Å². The van der Waals surface area contributed by atoms with E-state index in [0.717, 1.165) is 0 Å². The number of nitrogens with two attached hydrogens (primary N) is 1. The van der Waals surface area contributed by atoms with Crippen molar-refractivity contribution in [1.29, 1.82) is 0 Å². The second-order valence-electron chi connectivity index (χ2n) is 4.51. The first-order valence-electron chi connectivity index (χ1n) is 5.21. The van der Waals surface area contributed by atoms with Gasteiger partial charge in [-0.15, -0.1) is 0 Å². The maximum atomic E-state index is 12.1. The zero-order valence-corrected chi connectivity index (χ0v) is 10.2. The molecule has 0 aliphatic rings. The van der Waals surface area contributed by atoms with Crippen molar-refractivity contribution in [3.63, 3.8) is 0 Å². The lowest BCUT2D eigenvalue weighted by molar-refractivity contribution is 0.0635. The Balaban J connectivity index is 2.65. The topological polar surface area (TPSA) is 82.2 Å². The molecule has 96 valence electrons. The van der Waals surface area contributed by atoms with Gasteiger partial charge in [0.15, 0.2) is 5.82 Å². The van der Waals surface area contributed by atoms with E-state index in [4.69, 9.17) is 10.5 Å². The number of carbonyl (C=O) groups excluding carboxylic acids is 1. The van der Waals surface area contributed by atoms with E-state index in [1.165, 1.54) is 10.9 Å². The van der Waals surface area contributed by atoms with E-state index in [-0.39, 0.29) is 18.1 Å². The van der Waals surface area contributed by atoms with Crippen molar-refractivity contribution in [2.75, 3.05) is 17.7 Å². The highest BCUT2D eigenvalue weighted by atomic mass is 19.1. The summed E-state index contributed by atoms with van der Waals surface area (Å²) in [7, 11) is 0. The number of nitrogen functional groups attached to an aromatic ring is 1. The van der Waals surface area contributed by atoms with Gasteiger partial charge in [-0.1, -0.05) is 0 Å². The molecule has 7 heteroatoms. The number of rotatable bonds is 3. The third-order valence-corrected chi connectivity index (χ3v) is 1.72. The summed E-state index contributed by atoms with van der Waals surface area (Å²) in [5, 5.41) is 6.31. The summed E-state index contributed by atoms with van der Waals surface area (Å²) in [5.74, 6) is 0.174. The van der Waals surface area contributed by atoms with Crippen LogP contribution in [0.2, 0.25) is 0 Å². The Hall–Kier alpha value is -1.79. The quantitative estimate of drug-likeness (QED) is 0.849. The number of anilines is 2. The molecule has 0 saturated carbocycles. The average molecular weight is 244 g/mol. The Morgan fingerprint density at radius 2 is 2.29 bits per heavy atom. The van der Waals surface area contributed by atoms with E-state index in [1.54, 1.807) is 20.8 Å². The van der Waals surface area contributed by atoms with Crippen LogP contribution in [-0.2, 0) is 11.3 Å². The molecule has 0 aliphatic carbocycles. The van der Waals surface area contributed by atoms with Gasteiger partial charge in [-0.05, 0) is 20.8 Å². The second kappa shape index (κ2) is 5.03. The molecular weight excluding hydrogens is 227 g/mol. The number of aryl methyl sites for hydroxylation is 1. The lowest BCUT2D eigenvalue weighted by Crippen LogP contribution is -2.27. The predicted octanol–water partition coefficient (Wildman–Crippen LogP) is 1.78. The van der Waals surface area contributed by atoms with Gasteiger partial charge in [-0.3, -0.25) is 10.00 Å². The molecule has 0 aliphatic heterocycles. The number of nitrogens with one attached hydrogen (secondary N) is 1. The zero-order chi connectivity index (χ0) is 13.1. The molecule has 0 bridgehead atoms. The van der Waals surface area contributed by atoms with Crippen molar-refractivity contribution in [1.82, 2.24) is 9.78 Å². The molecule has 1 amide bonds. The van der Waals surface area contributed by atoms with Crippen LogP contribution >= 0.6 is 0 Å². The van der Waals surface area contributed by atoms with Gasteiger partial charge in [0.25, 0.3) is 0 Å². The van der Waals surface area contributed by atoms with E-state index >= 15 is 0 Å². The van der Waals surface area contributed by atoms with Crippen molar-refractivity contribution in [3.05, 3.63) is 6.20 Å². The summed E-state index contributed by atoms with van der Waals surface area (Å²) in [6.07, 6.45) is 0.807. The van der Waals surface area contributed by atoms with Gasteiger partial charge in [0.2, 0.25) is 0 Å². The number of halogens is 1. The number of ether oxygens (including phenoxy) is 1. The summed E-state index contributed by atoms with van der Waals surface area (Å²) in [6.45, 7) is 4.79. The van der Waals surface area contributed by atoms with Crippen LogP contribution in [0.3, 0.4) is 0 Å². The van der Waals surface area contributed by atoms with Crippen LogP contribution in [0.15, 0.2) is 6.20 Å². The molecule has 1 rings (SSSR count). The number of aromatic nitrogens is 2. The van der Waals surface area contributed by atoms with Gasteiger partial charge in [0, 0.05) is 0 Å². The maximum absolute atomic E-state index is 12.1. The normalized spacial score (nSPS) is 11.3. The molecule has 6 nitrogen and oxygen atoms in total. The third kappa shape index (κ3) is 4.29. The minimum atomic E-state index is -0.644. The molecule has 3 N–H and O–H groups in total. The van der Waals surface area contributed by atoms with Crippen LogP contribution in [0, 0.1) is 0 Å². The van der Waals surface area contributed by atoms with Crippen molar-refractivity contribution < 1.29 is 13.9 Å². The lowest BCUT2D eigenvalue weighted by atomic mass is 10.2. The molecular formula is C10H17FN4O2. The number of hydrogen-bond acceptors (Lipinski definition) is 4. The molecule has 1 aromatic heterocycles. The van der Waals surface area contributed by atoms with Gasteiger partial charge in [-0.2, -0.15) is 5.10 Å². The van der Waals surface area contributed by atoms with Crippen LogP contribution < -0.4 is 11.1 Å². The van der Waals surface area contributed by atoms with Crippen LogP contribution in [-0.4, -0.2) is 28.1 Å². The second-order valence-corrected chi connectivity index (χ2v) is 4.51. The van der Waals surface area contributed by atoms with Crippen molar-refractivity contribution in [2.45, 2.75) is 32.9 Å². The summed E-state index contributed by atoms with van der Waals surface area (Å²) in [6, 6.07) is 0. The minimum absolute atomic E-state index is 0.0974. The van der Waals surface area contributed by atoms with Crippen molar-refractivity contribution in [2.24, 2.45) is 0 Å². The summed E-state index contributed by atoms with van der Waals surface area (Å²) in [4.78, 5) is 11.4. The highest BCUT2D eigenvalue weighted by molar-refractivity contribution is 5.87. The predicted molar refractivity (Wildman–Crippen MR) is 62.5 cm³/mol. The van der Waals surface area contributed by atoms with E-state index in [1.807, 2.05) is 0 Å². The van der Waals surface area contributed by atoms with Crippen LogP contribution in [0.25, 0.3) is 0 Å². The fourth-order valence-electron chi connectivity index (χ4n) is 1.14. The SMILES string of the molecule is CC(C)(C)OC(=O)Nc1nn(CCF)cc1N. The van der Waals surface area contributed by atoms with Gasteiger partial charge in [0.05, 0.1) is 18.4 Å². The fraction of sp³-hybridized carbons (Fsp3) is 0.600. The van der Waals surface area contributed by atoms with E-state index in [9.17, 15) is 9.18 Å². The Kier molecular flexibility index (Phi) is 3.93. The molecule has 0 atom stereocenters. The monoisotopic (exact) mass is 244 g/mol. The molecule has 0 spiro atoms. The van der Waals surface area contributed by atoms with E-state index < -0.39 is 18.4 Å². The molecule has 0 radical (unpaired) electrons. The number of nitrogens with zero attached hydrogens (tertiary/aromatic N) is 2. The first-order chi connectivity index (χ1) is 7.81. The maximum Gasteiger partial charge on any atom is 0.413 e. The zero-order valence-electron chi connectivity index (χ0n) is 10.2. The molecule has 0 unspecified atom stereocenters. The van der Waals surface area contributed by atoms with E-state index in [0.29, 0.717) is 0 Å². The molecule has 0 aromatic carbocycles. The lowest BCUT2D eigenvalue weighted by Gasteiger charge is -2.19. The first kappa shape index (κ1) is 13.3. The van der Waals surface area contributed by atoms with Crippen molar-refractivity contribution >= 4 is 17.6 Å². The highest BCUT2D eigenvalue weighted by Gasteiger charge is 2.18. The molecule has 17 heavy (non-hydrogen) atoms. The largest absolute Gasteiger partial charge is 0.444 e. The molecule has 1 aromatic rings. The highest BCUT2D eigenvalue weighted by Crippen LogP contribution is 2.16. The summed E-state index contributed by atoms with van der Waals surface area (Å²) >= 11 is 0. The van der Waals surface area contributed by atoms with Crippen molar-refractivity contribution in [3.8, 4) is 0 Å². The minimum Gasteiger partial charge on any atom is -0.444 e. The number of carbonyl (C=O) groups is 1. The summed E-state index contributed by atoms with van der Waals surface area (Å²) in [5.41, 5.74) is 5.28. The fourth-order valence-corrected chi connectivity index (χ4v) is 1.14. The molecule has 0 fully saturated rings. The first-order valence-corrected chi connectivity index (χ1v) is 5.21. The Bertz CT molecular complexity index is 398. The van der Waals surface area contributed by atoms with Crippen LogP contribution in [0.1, 0.15) is 20.8 Å². The Morgan fingerprint density at radius 1 is 1.65 bits per heavy atom. The third-order valence-electron chi connectivity index (χ3n) is 1.72. The van der Waals surface area contributed by atoms with Crippen LogP contribution in [0.4, 0.5) is 20.7 Å². The van der Waals surface area contributed by atoms with Gasteiger partial charge < -0.3 is 10.5 Å². The Morgan fingerprint density at radius 3 is 2.82 bits per heavy atom. The smallest absolute Gasteiger partial charge is 0.413 e. The summed E-state index contributed by atoms with van der Waals surface area (Å²) < 4.78 is 18.4. The molecule has 1 heterocycles. The van der Waals surface area contributed by atoms with E-state index in [2.05, 4.69) is 10.4 Å². The average Bonchev–Trinajstić information content (AvgIpc) is 2.44. The van der Waals surface area contributed by atoms with Gasteiger partial charge in [0.1, 0.15) is 12.3 Å². The number of alkyl halides is 1. The number of amides is 1. The molecule has 0 saturated heterocycles. The Labute approximate surface area is 98.9 Å². The standard InChI is InChI=1S/C10H17FN4O2/c1-10(2,3)17-9(16)13-8-7(12)6-15(14-8)5-4-11/h6H,4-5,12H2,1-3H3,(H,13,14,16). The van der Waals surface area contributed by atoms with Gasteiger partial charge >= 0.3 is 6.09 Å².